The van der Waals surface area contributed by atoms with E-state index < -0.39 is 18.0 Å². The van der Waals surface area contributed by atoms with E-state index in [1.807, 2.05) is 0 Å². The van der Waals surface area contributed by atoms with Crippen molar-refractivity contribution in [3.8, 4) is 5.75 Å². The Morgan fingerprint density at radius 3 is 2.65 bits per heavy atom. The lowest BCUT2D eigenvalue weighted by Crippen LogP contribution is -2.48. The number of carboxylic acid groups (broad SMARTS) is 1. The van der Waals surface area contributed by atoms with Crippen LogP contribution in [-0.4, -0.2) is 51.3 Å². The van der Waals surface area contributed by atoms with E-state index in [9.17, 15) is 19.8 Å². The van der Waals surface area contributed by atoms with Crippen molar-refractivity contribution < 1.29 is 24.9 Å². The van der Waals surface area contributed by atoms with Crippen LogP contribution in [0, 0.1) is 12.8 Å². The van der Waals surface area contributed by atoms with Gasteiger partial charge in [-0.3, -0.25) is 9.59 Å². The van der Waals surface area contributed by atoms with Crippen LogP contribution in [-0.2, 0) is 4.79 Å². The van der Waals surface area contributed by atoms with Crippen molar-refractivity contribution in [1.29, 1.82) is 0 Å². The van der Waals surface area contributed by atoms with Crippen LogP contribution in [0.2, 0.25) is 0 Å². The van der Waals surface area contributed by atoms with Crippen LogP contribution in [0.4, 0.5) is 0 Å². The van der Waals surface area contributed by atoms with Crippen molar-refractivity contribution in [2.24, 2.45) is 5.92 Å². The highest BCUT2D eigenvalue weighted by atomic mass is 16.4. The third-order valence-corrected chi connectivity index (χ3v) is 3.64. The number of hydrogen-bond donors (Lipinski definition) is 3. The summed E-state index contributed by atoms with van der Waals surface area (Å²) in [5.74, 6) is -2.18. The summed E-state index contributed by atoms with van der Waals surface area (Å²) in [6.45, 7) is 2.03. The molecule has 1 aliphatic heterocycles. The summed E-state index contributed by atoms with van der Waals surface area (Å²) < 4.78 is 0. The molecule has 20 heavy (non-hydrogen) atoms. The van der Waals surface area contributed by atoms with E-state index in [2.05, 4.69) is 0 Å². The Kier molecular flexibility index (Phi) is 3.94. The number of phenolic OH excluding ortho intramolecular Hbond substituents is 1. The first-order valence-electron chi connectivity index (χ1n) is 6.40. The van der Waals surface area contributed by atoms with Gasteiger partial charge in [0.15, 0.2) is 0 Å². The molecular weight excluding hydrogens is 262 g/mol. The van der Waals surface area contributed by atoms with Crippen molar-refractivity contribution >= 4 is 11.9 Å². The molecule has 108 valence electrons. The molecule has 0 radical (unpaired) electrons. The summed E-state index contributed by atoms with van der Waals surface area (Å²) in [5, 5.41) is 28.2. The number of aryl methyl sites for hydroxylation is 1. The molecule has 0 spiro atoms. The van der Waals surface area contributed by atoms with Gasteiger partial charge in [0.1, 0.15) is 5.75 Å². The normalized spacial score (nSPS) is 22.6. The molecule has 2 rings (SSSR count). The molecule has 0 saturated carbocycles. The molecule has 1 aromatic rings. The first-order valence-corrected chi connectivity index (χ1v) is 6.40. The van der Waals surface area contributed by atoms with Crippen LogP contribution >= 0.6 is 0 Å². The van der Waals surface area contributed by atoms with Gasteiger partial charge in [0.25, 0.3) is 5.91 Å². The van der Waals surface area contributed by atoms with Crippen LogP contribution in [0.1, 0.15) is 22.3 Å². The minimum atomic E-state index is -1.07. The second kappa shape index (κ2) is 5.50. The zero-order valence-corrected chi connectivity index (χ0v) is 11.1. The fourth-order valence-electron chi connectivity index (χ4n) is 2.41. The van der Waals surface area contributed by atoms with Crippen molar-refractivity contribution in [3.63, 3.8) is 0 Å². The summed E-state index contributed by atoms with van der Waals surface area (Å²) in [6, 6.07) is 4.52. The number of aromatic hydroxyl groups is 1. The number of amides is 1. The van der Waals surface area contributed by atoms with Crippen LogP contribution in [0.15, 0.2) is 18.2 Å². The van der Waals surface area contributed by atoms with Gasteiger partial charge in [0.2, 0.25) is 0 Å². The number of rotatable bonds is 2. The molecule has 0 aromatic heterocycles. The molecule has 1 aromatic carbocycles. The van der Waals surface area contributed by atoms with E-state index in [1.165, 1.54) is 17.0 Å². The predicted molar refractivity (Wildman–Crippen MR) is 70.5 cm³/mol. The smallest absolute Gasteiger partial charge is 0.309 e. The Morgan fingerprint density at radius 1 is 1.35 bits per heavy atom. The number of phenols is 1. The van der Waals surface area contributed by atoms with Gasteiger partial charge in [-0.2, -0.15) is 0 Å². The Bertz CT molecular complexity index is 542. The Hall–Kier alpha value is -2.08. The van der Waals surface area contributed by atoms with E-state index >= 15 is 0 Å². The molecule has 2 atom stereocenters. The molecule has 0 bridgehead atoms. The maximum Gasteiger partial charge on any atom is 0.309 e. The monoisotopic (exact) mass is 279 g/mol. The summed E-state index contributed by atoms with van der Waals surface area (Å²) >= 11 is 0. The van der Waals surface area contributed by atoms with Crippen molar-refractivity contribution in [2.45, 2.75) is 19.4 Å². The first-order chi connectivity index (χ1) is 9.40. The predicted octanol–water partition coefficient (Wildman–Crippen LogP) is 0.608. The standard InChI is InChI=1S/C14H17NO5/c1-8-2-3-9(16)6-11(8)13(18)15-5-4-10(14(19)20)12(17)7-15/h2-3,6,10,12,16-17H,4-5,7H2,1H3,(H,19,20)/t10-,12+/m0/s1. The number of carboxylic acids is 1. The average Bonchev–Trinajstić information content (AvgIpc) is 2.40. The number of aliphatic carboxylic acids is 1. The average molecular weight is 279 g/mol. The maximum absolute atomic E-state index is 12.4. The van der Waals surface area contributed by atoms with Crippen LogP contribution < -0.4 is 0 Å². The van der Waals surface area contributed by atoms with E-state index in [0.717, 1.165) is 5.56 Å². The lowest BCUT2D eigenvalue weighted by atomic mass is 9.93. The fraction of sp³-hybridized carbons (Fsp3) is 0.429. The van der Waals surface area contributed by atoms with E-state index in [4.69, 9.17) is 5.11 Å². The van der Waals surface area contributed by atoms with E-state index in [0.29, 0.717) is 5.56 Å². The molecule has 3 N–H and O–H groups in total. The van der Waals surface area contributed by atoms with Gasteiger partial charge < -0.3 is 20.2 Å². The second-order valence-corrected chi connectivity index (χ2v) is 5.05. The largest absolute Gasteiger partial charge is 0.508 e. The molecule has 1 amide bonds. The highest BCUT2D eigenvalue weighted by molar-refractivity contribution is 5.96. The molecule has 1 aliphatic rings. The number of benzene rings is 1. The number of piperidine rings is 1. The fourth-order valence-corrected chi connectivity index (χ4v) is 2.41. The van der Waals surface area contributed by atoms with E-state index in [-0.39, 0.29) is 31.2 Å². The van der Waals surface area contributed by atoms with Crippen molar-refractivity contribution in [3.05, 3.63) is 29.3 Å². The summed E-state index contributed by atoms with van der Waals surface area (Å²) in [6.07, 6.45) is -0.845. The molecule has 0 unspecified atom stereocenters. The summed E-state index contributed by atoms with van der Waals surface area (Å²) in [7, 11) is 0. The third-order valence-electron chi connectivity index (χ3n) is 3.64. The van der Waals surface area contributed by atoms with Crippen LogP contribution in [0.3, 0.4) is 0 Å². The number of aliphatic hydroxyl groups is 1. The molecule has 1 fully saturated rings. The van der Waals surface area contributed by atoms with Gasteiger partial charge in [0, 0.05) is 18.7 Å². The topological polar surface area (TPSA) is 98.1 Å². The highest BCUT2D eigenvalue weighted by Gasteiger charge is 2.35. The van der Waals surface area contributed by atoms with Crippen LogP contribution in [0.25, 0.3) is 0 Å². The minimum Gasteiger partial charge on any atom is -0.508 e. The number of carbonyl (C=O) groups excluding carboxylic acids is 1. The number of carbonyl (C=O) groups is 2. The van der Waals surface area contributed by atoms with Gasteiger partial charge in [-0.15, -0.1) is 0 Å². The molecule has 0 aliphatic carbocycles. The second-order valence-electron chi connectivity index (χ2n) is 5.05. The van der Waals surface area contributed by atoms with Crippen molar-refractivity contribution in [2.75, 3.05) is 13.1 Å². The number of aliphatic hydroxyl groups excluding tert-OH is 1. The number of nitrogens with zero attached hydrogens (tertiary/aromatic N) is 1. The third kappa shape index (κ3) is 2.75. The summed E-state index contributed by atoms with van der Waals surface area (Å²) in [4.78, 5) is 24.7. The number of likely N-dealkylation sites (tertiary alicyclic amines) is 1. The Balaban J connectivity index is 2.15. The Morgan fingerprint density at radius 2 is 2.05 bits per heavy atom. The Labute approximate surface area is 116 Å². The number of β-amino-alcohol motifs (C(OH)–C–C–N with tert-alkyl or cyclic N) is 1. The minimum absolute atomic E-state index is 0.0000737. The SMILES string of the molecule is Cc1ccc(O)cc1C(=O)N1CC[C@H](C(=O)O)[C@H](O)C1. The van der Waals surface area contributed by atoms with Crippen LogP contribution in [0.5, 0.6) is 5.75 Å². The van der Waals surface area contributed by atoms with Crippen molar-refractivity contribution in [1.82, 2.24) is 4.90 Å². The molecule has 1 heterocycles. The maximum atomic E-state index is 12.4. The molecule has 1 saturated heterocycles. The molecular formula is C14H17NO5. The summed E-state index contributed by atoms with van der Waals surface area (Å²) in [5.41, 5.74) is 1.09. The van der Waals surface area contributed by atoms with E-state index in [1.54, 1.807) is 13.0 Å². The van der Waals surface area contributed by atoms with Gasteiger partial charge >= 0.3 is 5.97 Å². The van der Waals surface area contributed by atoms with Gasteiger partial charge in [-0.25, -0.2) is 0 Å². The zero-order valence-electron chi connectivity index (χ0n) is 11.1. The lowest BCUT2D eigenvalue weighted by Gasteiger charge is -2.34. The zero-order chi connectivity index (χ0) is 14.9. The molecule has 6 heteroatoms. The number of hydrogen-bond acceptors (Lipinski definition) is 4. The first kappa shape index (κ1) is 14.3. The quantitative estimate of drug-likeness (QED) is 0.736. The highest BCUT2D eigenvalue weighted by Crippen LogP contribution is 2.22. The van der Waals surface area contributed by atoms with Gasteiger partial charge in [0.05, 0.1) is 12.0 Å². The lowest BCUT2D eigenvalue weighted by molar-refractivity contribution is -0.148. The van der Waals surface area contributed by atoms with Gasteiger partial charge in [-0.1, -0.05) is 6.07 Å². The molecule has 6 nitrogen and oxygen atoms in total. The van der Waals surface area contributed by atoms with Gasteiger partial charge in [-0.05, 0) is 31.0 Å².